The van der Waals surface area contributed by atoms with Crippen molar-refractivity contribution in [3.63, 3.8) is 0 Å². The van der Waals surface area contributed by atoms with E-state index in [0.717, 1.165) is 5.56 Å². The molecule has 0 fully saturated rings. The summed E-state index contributed by atoms with van der Waals surface area (Å²) >= 11 is 0. The molecule has 2 aromatic heterocycles. The standard InChI is InChI=1S/C17H17N5O5S/c1-10-2-4-12(5-3-10)28(26,27)20-7-6-18-15(23)11-8-13-14(19-9-11)21-17(25)22-16(13)24/h2-5,8-9,20H,6-7H2,1H3,(H,18,23)(H2,19,21,22,24,25). The Morgan fingerprint density at radius 1 is 1.11 bits per heavy atom. The van der Waals surface area contributed by atoms with Crippen molar-refractivity contribution in [2.75, 3.05) is 13.1 Å². The van der Waals surface area contributed by atoms with E-state index >= 15 is 0 Å². The molecule has 10 nitrogen and oxygen atoms in total. The number of carbonyl (C=O) groups excluding carboxylic acids is 1. The molecule has 0 bridgehead atoms. The summed E-state index contributed by atoms with van der Waals surface area (Å²) in [5.41, 5.74) is -0.240. The van der Waals surface area contributed by atoms with Gasteiger partial charge in [-0.2, -0.15) is 0 Å². The molecule has 0 radical (unpaired) electrons. The second kappa shape index (κ2) is 7.74. The maximum atomic E-state index is 12.2. The van der Waals surface area contributed by atoms with E-state index in [2.05, 4.69) is 25.0 Å². The summed E-state index contributed by atoms with van der Waals surface area (Å²) in [6.07, 6.45) is 1.21. The molecular weight excluding hydrogens is 386 g/mol. The number of nitrogens with one attached hydrogen (secondary N) is 4. The van der Waals surface area contributed by atoms with Crippen LogP contribution in [0.25, 0.3) is 11.0 Å². The summed E-state index contributed by atoms with van der Waals surface area (Å²) in [6, 6.07) is 7.68. The molecule has 0 unspecified atom stereocenters. The third kappa shape index (κ3) is 4.32. The average Bonchev–Trinajstić information content (AvgIpc) is 2.65. The van der Waals surface area contributed by atoms with Gasteiger partial charge in [0.25, 0.3) is 11.5 Å². The maximum absolute atomic E-state index is 12.2. The molecule has 2 heterocycles. The van der Waals surface area contributed by atoms with Crippen LogP contribution in [0.15, 0.2) is 51.0 Å². The Morgan fingerprint density at radius 3 is 2.54 bits per heavy atom. The highest BCUT2D eigenvalue weighted by molar-refractivity contribution is 7.89. The van der Waals surface area contributed by atoms with Gasteiger partial charge in [-0.3, -0.25) is 19.6 Å². The number of hydrogen-bond donors (Lipinski definition) is 4. The molecule has 146 valence electrons. The topological polar surface area (TPSA) is 154 Å². The molecule has 0 aliphatic heterocycles. The van der Waals surface area contributed by atoms with Gasteiger partial charge in [0.15, 0.2) is 0 Å². The van der Waals surface area contributed by atoms with Crippen LogP contribution in [-0.2, 0) is 10.0 Å². The molecule has 0 saturated heterocycles. The minimum Gasteiger partial charge on any atom is -0.351 e. The minimum atomic E-state index is -3.67. The SMILES string of the molecule is Cc1ccc(S(=O)(=O)NCCNC(=O)c2cnc3[nH]c(=O)[nH]c(=O)c3c2)cc1. The van der Waals surface area contributed by atoms with Crippen molar-refractivity contribution in [2.24, 2.45) is 0 Å². The Bertz CT molecular complexity index is 1250. The van der Waals surface area contributed by atoms with Crippen molar-refractivity contribution >= 4 is 27.0 Å². The molecule has 0 atom stereocenters. The molecule has 3 aromatic rings. The maximum Gasteiger partial charge on any atom is 0.327 e. The van der Waals surface area contributed by atoms with E-state index in [0.29, 0.717) is 0 Å². The molecule has 28 heavy (non-hydrogen) atoms. The van der Waals surface area contributed by atoms with Crippen LogP contribution in [0.2, 0.25) is 0 Å². The molecular formula is C17H17N5O5S. The fourth-order valence-corrected chi connectivity index (χ4v) is 3.47. The molecule has 0 aliphatic rings. The molecule has 0 aliphatic carbocycles. The smallest absolute Gasteiger partial charge is 0.327 e. The first-order valence-corrected chi connectivity index (χ1v) is 9.71. The predicted molar refractivity (Wildman–Crippen MR) is 102 cm³/mol. The zero-order valence-electron chi connectivity index (χ0n) is 14.8. The molecule has 1 amide bonds. The first-order valence-electron chi connectivity index (χ1n) is 8.23. The van der Waals surface area contributed by atoms with Crippen LogP contribution in [0, 0.1) is 6.92 Å². The molecule has 11 heteroatoms. The lowest BCUT2D eigenvalue weighted by atomic mass is 10.2. The predicted octanol–water partition coefficient (Wildman–Crippen LogP) is -0.372. The fourth-order valence-electron chi connectivity index (χ4n) is 2.44. The van der Waals surface area contributed by atoms with Crippen LogP contribution in [0.3, 0.4) is 0 Å². The van der Waals surface area contributed by atoms with Gasteiger partial charge in [-0.1, -0.05) is 17.7 Å². The lowest BCUT2D eigenvalue weighted by molar-refractivity contribution is 0.0954. The number of aromatic nitrogens is 3. The monoisotopic (exact) mass is 403 g/mol. The lowest BCUT2D eigenvalue weighted by Gasteiger charge is -2.08. The number of nitrogens with zero attached hydrogens (tertiary/aromatic N) is 1. The van der Waals surface area contributed by atoms with E-state index in [-0.39, 0.29) is 34.6 Å². The number of aromatic amines is 2. The van der Waals surface area contributed by atoms with Gasteiger partial charge in [0, 0.05) is 19.3 Å². The fraction of sp³-hybridized carbons (Fsp3) is 0.176. The zero-order valence-corrected chi connectivity index (χ0v) is 15.6. The first kappa shape index (κ1) is 19.5. The van der Waals surface area contributed by atoms with E-state index in [4.69, 9.17) is 0 Å². The average molecular weight is 403 g/mol. The van der Waals surface area contributed by atoms with Crippen LogP contribution in [-0.4, -0.2) is 42.4 Å². The number of fused-ring (bicyclic) bond motifs is 1. The van der Waals surface area contributed by atoms with Crippen molar-refractivity contribution in [2.45, 2.75) is 11.8 Å². The number of carbonyl (C=O) groups is 1. The number of rotatable bonds is 6. The van der Waals surface area contributed by atoms with Gasteiger partial charge in [0.2, 0.25) is 10.0 Å². The summed E-state index contributed by atoms with van der Waals surface area (Å²) < 4.78 is 26.7. The van der Waals surface area contributed by atoms with Crippen LogP contribution >= 0.6 is 0 Å². The van der Waals surface area contributed by atoms with Crippen LogP contribution in [0.4, 0.5) is 0 Å². The quantitative estimate of drug-likeness (QED) is 0.412. The van der Waals surface area contributed by atoms with E-state index in [9.17, 15) is 22.8 Å². The number of amides is 1. The number of H-pyrrole nitrogens is 2. The third-order valence-electron chi connectivity index (χ3n) is 3.89. The second-order valence-corrected chi connectivity index (χ2v) is 7.76. The Morgan fingerprint density at radius 2 is 1.82 bits per heavy atom. The number of sulfonamides is 1. The summed E-state index contributed by atoms with van der Waals surface area (Å²) in [5, 5.41) is 2.60. The normalized spacial score (nSPS) is 11.5. The number of benzene rings is 1. The zero-order chi connectivity index (χ0) is 20.3. The summed E-state index contributed by atoms with van der Waals surface area (Å²) in [6.45, 7) is 1.87. The highest BCUT2D eigenvalue weighted by atomic mass is 32.2. The van der Waals surface area contributed by atoms with E-state index in [1.807, 2.05) is 6.92 Å². The van der Waals surface area contributed by atoms with E-state index in [1.165, 1.54) is 24.4 Å². The van der Waals surface area contributed by atoms with Gasteiger partial charge in [-0.25, -0.2) is 22.9 Å². The second-order valence-electron chi connectivity index (χ2n) is 6.00. The Labute approximate surface area is 159 Å². The van der Waals surface area contributed by atoms with Crippen molar-refractivity contribution in [3.05, 3.63) is 68.5 Å². The van der Waals surface area contributed by atoms with Gasteiger partial charge in [0.1, 0.15) is 5.65 Å². The molecule has 4 N–H and O–H groups in total. The van der Waals surface area contributed by atoms with Gasteiger partial charge >= 0.3 is 5.69 Å². The number of pyridine rings is 1. The Hall–Kier alpha value is -3.31. The highest BCUT2D eigenvalue weighted by Gasteiger charge is 2.14. The van der Waals surface area contributed by atoms with Gasteiger partial charge in [-0.05, 0) is 25.1 Å². The molecule has 0 spiro atoms. The third-order valence-corrected chi connectivity index (χ3v) is 5.36. The first-order chi connectivity index (χ1) is 13.3. The molecule has 1 aromatic carbocycles. The minimum absolute atomic E-state index is 0.0170. The number of aryl methyl sites for hydroxylation is 1. The lowest BCUT2D eigenvalue weighted by Crippen LogP contribution is -2.34. The molecule has 0 saturated carbocycles. The van der Waals surface area contributed by atoms with Gasteiger partial charge < -0.3 is 5.32 Å². The van der Waals surface area contributed by atoms with Crippen LogP contribution < -0.4 is 21.3 Å². The van der Waals surface area contributed by atoms with Crippen LogP contribution in [0.1, 0.15) is 15.9 Å². The van der Waals surface area contributed by atoms with Gasteiger partial charge in [0.05, 0.1) is 15.8 Å². The van der Waals surface area contributed by atoms with Gasteiger partial charge in [-0.15, -0.1) is 0 Å². The van der Waals surface area contributed by atoms with Crippen molar-refractivity contribution < 1.29 is 13.2 Å². The molecule has 3 rings (SSSR count). The summed E-state index contributed by atoms with van der Waals surface area (Å²) in [5.74, 6) is -0.533. The van der Waals surface area contributed by atoms with E-state index < -0.39 is 27.2 Å². The highest BCUT2D eigenvalue weighted by Crippen LogP contribution is 2.09. The van der Waals surface area contributed by atoms with Crippen molar-refractivity contribution in [1.29, 1.82) is 0 Å². The van der Waals surface area contributed by atoms with Crippen molar-refractivity contribution in [3.8, 4) is 0 Å². The van der Waals surface area contributed by atoms with Crippen molar-refractivity contribution in [1.82, 2.24) is 25.0 Å². The Kier molecular flexibility index (Phi) is 5.38. The Balaban J connectivity index is 1.61. The summed E-state index contributed by atoms with van der Waals surface area (Å²) in [4.78, 5) is 43.6. The van der Waals surface area contributed by atoms with E-state index in [1.54, 1.807) is 12.1 Å². The van der Waals surface area contributed by atoms with Crippen LogP contribution in [0.5, 0.6) is 0 Å². The largest absolute Gasteiger partial charge is 0.351 e. The number of hydrogen-bond acceptors (Lipinski definition) is 6. The summed E-state index contributed by atoms with van der Waals surface area (Å²) in [7, 11) is -3.67.